The molecule has 0 saturated carbocycles. The van der Waals surface area contributed by atoms with Gasteiger partial charge in [0.2, 0.25) is 5.91 Å². The van der Waals surface area contributed by atoms with Gasteiger partial charge in [0.1, 0.15) is 5.56 Å². The third kappa shape index (κ3) is 3.79. The smallest absolute Gasteiger partial charge is 0.259 e. The summed E-state index contributed by atoms with van der Waals surface area (Å²) in [6, 6.07) is 10.2. The van der Waals surface area contributed by atoms with E-state index in [1.165, 1.54) is 30.4 Å². The van der Waals surface area contributed by atoms with Crippen LogP contribution in [0.4, 0.5) is 5.69 Å². The largest absolute Gasteiger partial charge is 0.367 e. The van der Waals surface area contributed by atoms with Gasteiger partial charge in [-0.25, -0.2) is 0 Å². The molecule has 108 valence electrons. The van der Waals surface area contributed by atoms with Gasteiger partial charge < -0.3 is 15.2 Å². The molecule has 0 aliphatic heterocycles. The van der Waals surface area contributed by atoms with Gasteiger partial charge in [-0.1, -0.05) is 18.2 Å². The molecule has 0 fully saturated rings. The average Bonchev–Trinajstić information content (AvgIpc) is 2.48. The van der Waals surface area contributed by atoms with Crippen LogP contribution < -0.4 is 10.7 Å². The number of nitrogens with zero attached hydrogens (tertiary/aromatic N) is 1. The zero-order valence-corrected chi connectivity index (χ0v) is 11.5. The van der Waals surface area contributed by atoms with E-state index in [9.17, 15) is 14.4 Å². The van der Waals surface area contributed by atoms with Crippen molar-refractivity contribution in [2.75, 3.05) is 18.9 Å². The van der Waals surface area contributed by atoms with E-state index in [1.807, 2.05) is 6.07 Å². The minimum absolute atomic E-state index is 0.00695. The molecule has 1 aromatic heterocycles. The number of H-pyrrole nitrogens is 1. The summed E-state index contributed by atoms with van der Waals surface area (Å²) in [5, 5.41) is 2.68. The Morgan fingerprint density at radius 1 is 1.19 bits per heavy atom. The molecule has 1 aromatic carbocycles. The quantitative estimate of drug-likeness (QED) is 0.882. The Bertz CT molecular complexity index is 695. The summed E-state index contributed by atoms with van der Waals surface area (Å²) < 4.78 is 0. The van der Waals surface area contributed by atoms with Gasteiger partial charge >= 0.3 is 0 Å². The zero-order chi connectivity index (χ0) is 15.2. The average molecular weight is 285 g/mol. The van der Waals surface area contributed by atoms with E-state index in [1.54, 1.807) is 24.3 Å². The lowest BCUT2D eigenvalue weighted by Crippen LogP contribution is -2.37. The highest BCUT2D eigenvalue weighted by atomic mass is 16.2. The first kappa shape index (κ1) is 14.5. The number of carbonyl (C=O) groups excluding carboxylic acids is 2. The highest BCUT2D eigenvalue weighted by molar-refractivity contribution is 5.98. The van der Waals surface area contributed by atoms with Crippen molar-refractivity contribution in [3.8, 4) is 0 Å². The summed E-state index contributed by atoms with van der Waals surface area (Å²) in [4.78, 5) is 39.4. The number of hydrogen-bond donors (Lipinski definition) is 2. The van der Waals surface area contributed by atoms with Crippen molar-refractivity contribution in [2.45, 2.75) is 0 Å². The number of benzene rings is 1. The van der Waals surface area contributed by atoms with Crippen molar-refractivity contribution in [3.05, 3.63) is 64.6 Å². The Morgan fingerprint density at radius 2 is 1.90 bits per heavy atom. The van der Waals surface area contributed by atoms with Gasteiger partial charge in [0.25, 0.3) is 5.91 Å². The van der Waals surface area contributed by atoms with Crippen LogP contribution in [0.2, 0.25) is 0 Å². The van der Waals surface area contributed by atoms with Gasteiger partial charge in [0.05, 0.1) is 6.54 Å². The van der Waals surface area contributed by atoms with Crippen LogP contribution in [0, 0.1) is 0 Å². The number of aromatic nitrogens is 1. The van der Waals surface area contributed by atoms with Crippen LogP contribution in [-0.2, 0) is 4.79 Å². The summed E-state index contributed by atoms with van der Waals surface area (Å²) in [5.74, 6) is -0.829. The first-order chi connectivity index (χ1) is 10.1. The fourth-order valence-corrected chi connectivity index (χ4v) is 1.80. The number of aromatic amines is 1. The molecule has 0 atom stereocenters. The molecule has 2 aromatic rings. The molecular formula is C15H15N3O3. The summed E-state index contributed by atoms with van der Waals surface area (Å²) in [7, 11) is 1.47. The molecule has 0 radical (unpaired) electrons. The lowest BCUT2D eigenvalue weighted by molar-refractivity contribution is -0.116. The van der Waals surface area contributed by atoms with E-state index >= 15 is 0 Å². The van der Waals surface area contributed by atoms with Crippen molar-refractivity contribution in [1.29, 1.82) is 0 Å². The molecule has 6 nitrogen and oxygen atoms in total. The molecule has 2 amide bonds. The summed E-state index contributed by atoms with van der Waals surface area (Å²) in [6.45, 7) is -0.137. The van der Waals surface area contributed by atoms with E-state index in [0.717, 1.165) is 0 Å². The summed E-state index contributed by atoms with van der Waals surface area (Å²) in [6.07, 6.45) is 2.78. The Morgan fingerprint density at radius 3 is 2.57 bits per heavy atom. The maximum Gasteiger partial charge on any atom is 0.259 e. The Balaban J connectivity index is 2.00. The van der Waals surface area contributed by atoms with E-state index < -0.39 is 5.91 Å². The molecule has 0 bridgehead atoms. The number of likely N-dealkylation sites (N-methyl/N-ethyl adjacent to an activating group) is 1. The van der Waals surface area contributed by atoms with Crippen LogP contribution in [0.5, 0.6) is 0 Å². The second kappa shape index (κ2) is 6.51. The van der Waals surface area contributed by atoms with E-state index in [4.69, 9.17) is 0 Å². The van der Waals surface area contributed by atoms with Gasteiger partial charge in [-0.05, 0) is 12.1 Å². The molecular weight excluding hydrogens is 270 g/mol. The van der Waals surface area contributed by atoms with Crippen LogP contribution in [-0.4, -0.2) is 35.3 Å². The highest BCUT2D eigenvalue weighted by Crippen LogP contribution is 2.05. The van der Waals surface area contributed by atoms with E-state index in [-0.39, 0.29) is 23.4 Å². The van der Waals surface area contributed by atoms with Gasteiger partial charge in [-0.15, -0.1) is 0 Å². The van der Waals surface area contributed by atoms with E-state index in [2.05, 4.69) is 10.3 Å². The van der Waals surface area contributed by atoms with Crippen molar-refractivity contribution >= 4 is 17.5 Å². The van der Waals surface area contributed by atoms with Crippen LogP contribution >= 0.6 is 0 Å². The predicted octanol–water partition coefficient (Wildman–Crippen LogP) is 1.09. The number of rotatable bonds is 4. The van der Waals surface area contributed by atoms with Crippen LogP contribution in [0.3, 0.4) is 0 Å². The second-order valence-electron chi connectivity index (χ2n) is 4.50. The number of para-hydroxylation sites is 1. The minimum atomic E-state index is -0.500. The van der Waals surface area contributed by atoms with E-state index in [0.29, 0.717) is 5.69 Å². The number of carbonyl (C=O) groups is 2. The van der Waals surface area contributed by atoms with Crippen molar-refractivity contribution in [2.24, 2.45) is 0 Å². The SMILES string of the molecule is CN(CC(=O)Nc1ccccc1)C(=O)c1c[nH]ccc1=O. The van der Waals surface area contributed by atoms with Gasteiger partial charge in [-0.3, -0.25) is 14.4 Å². The number of amides is 2. The van der Waals surface area contributed by atoms with Crippen LogP contribution in [0.15, 0.2) is 53.6 Å². The molecule has 0 aliphatic rings. The number of pyridine rings is 1. The normalized spacial score (nSPS) is 9.95. The molecule has 2 N–H and O–H groups in total. The maximum atomic E-state index is 12.1. The van der Waals surface area contributed by atoms with Crippen LogP contribution in [0.1, 0.15) is 10.4 Å². The van der Waals surface area contributed by atoms with Crippen molar-refractivity contribution in [1.82, 2.24) is 9.88 Å². The lowest BCUT2D eigenvalue weighted by Gasteiger charge is -2.16. The molecule has 21 heavy (non-hydrogen) atoms. The number of anilines is 1. The second-order valence-corrected chi connectivity index (χ2v) is 4.50. The zero-order valence-electron chi connectivity index (χ0n) is 11.5. The van der Waals surface area contributed by atoms with Gasteiger partial charge in [-0.2, -0.15) is 0 Å². The molecule has 1 heterocycles. The molecule has 0 unspecified atom stereocenters. The van der Waals surface area contributed by atoms with Gasteiger partial charge in [0.15, 0.2) is 5.43 Å². The van der Waals surface area contributed by atoms with Crippen molar-refractivity contribution < 1.29 is 9.59 Å². The standard InChI is InChI=1S/C15H15N3O3/c1-18(15(21)12-9-16-8-7-13(12)19)10-14(20)17-11-5-3-2-4-6-11/h2-9H,10H2,1H3,(H,16,19)(H,17,20). The summed E-state index contributed by atoms with van der Waals surface area (Å²) >= 11 is 0. The fraction of sp³-hybridized carbons (Fsp3) is 0.133. The Kier molecular flexibility index (Phi) is 4.50. The van der Waals surface area contributed by atoms with Crippen molar-refractivity contribution in [3.63, 3.8) is 0 Å². The highest BCUT2D eigenvalue weighted by Gasteiger charge is 2.17. The Hall–Kier alpha value is -2.89. The number of nitrogens with one attached hydrogen (secondary N) is 2. The molecule has 0 saturated heterocycles. The molecule has 6 heteroatoms. The third-order valence-corrected chi connectivity index (χ3v) is 2.84. The van der Waals surface area contributed by atoms with Gasteiger partial charge in [0, 0.05) is 31.2 Å². The first-order valence-corrected chi connectivity index (χ1v) is 6.35. The van der Waals surface area contributed by atoms with Crippen LogP contribution in [0.25, 0.3) is 0 Å². The predicted molar refractivity (Wildman–Crippen MR) is 79.1 cm³/mol. The molecule has 0 aliphatic carbocycles. The molecule has 0 spiro atoms. The fourth-order valence-electron chi connectivity index (χ4n) is 1.80. The number of hydrogen-bond acceptors (Lipinski definition) is 3. The molecule has 2 rings (SSSR count). The monoisotopic (exact) mass is 285 g/mol. The topological polar surface area (TPSA) is 82.3 Å². The summed E-state index contributed by atoms with van der Waals surface area (Å²) in [5.41, 5.74) is 0.280. The third-order valence-electron chi connectivity index (χ3n) is 2.84. The maximum absolute atomic E-state index is 12.1. The minimum Gasteiger partial charge on any atom is -0.367 e. The first-order valence-electron chi connectivity index (χ1n) is 6.35. The Labute approximate surface area is 121 Å². The lowest BCUT2D eigenvalue weighted by atomic mass is 10.2.